The van der Waals surface area contributed by atoms with Crippen LogP contribution in [0.5, 0.6) is 0 Å². The maximum Gasteiger partial charge on any atom is 0.179 e. The molecule has 1 atom stereocenters. The zero-order chi connectivity index (χ0) is 15.2. The summed E-state index contributed by atoms with van der Waals surface area (Å²) in [6, 6.07) is 12.9. The van der Waals surface area contributed by atoms with Crippen molar-refractivity contribution in [3.05, 3.63) is 76.9 Å². The first-order chi connectivity index (χ1) is 10.8. The van der Waals surface area contributed by atoms with E-state index in [9.17, 15) is 10.5 Å². The van der Waals surface area contributed by atoms with E-state index >= 15 is 0 Å². The summed E-state index contributed by atoms with van der Waals surface area (Å²) < 4.78 is 0. The van der Waals surface area contributed by atoms with E-state index in [0.717, 1.165) is 29.6 Å². The van der Waals surface area contributed by atoms with E-state index in [1.807, 2.05) is 36.4 Å². The van der Waals surface area contributed by atoms with Crippen molar-refractivity contribution in [2.75, 3.05) is 0 Å². The monoisotopic (exact) mass is 282 g/mol. The number of aryl methyl sites for hydroxylation is 1. The van der Waals surface area contributed by atoms with Gasteiger partial charge in [-0.05, 0) is 40.7 Å². The second-order valence-corrected chi connectivity index (χ2v) is 5.91. The Morgan fingerprint density at radius 1 is 1.00 bits per heavy atom. The smallest absolute Gasteiger partial charge is 0.179 e. The molecular formula is C20H14N2. The molecule has 3 aliphatic carbocycles. The number of rotatable bonds is 0. The van der Waals surface area contributed by atoms with Crippen LogP contribution in [0.4, 0.5) is 0 Å². The molecule has 0 heterocycles. The molecular weight excluding hydrogens is 268 g/mol. The van der Waals surface area contributed by atoms with Gasteiger partial charge >= 0.3 is 0 Å². The highest BCUT2D eigenvalue weighted by atomic mass is 14.5. The van der Waals surface area contributed by atoms with E-state index in [0.29, 0.717) is 0 Å². The first-order valence-electron chi connectivity index (χ1n) is 7.51. The molecule has 0 saturated carbocycles. The van der Waals surface area contributed by atoms with Crippen molar-refractivity contribution in [3.8, 4) is 12.1 Å². The molecule has 0 amide bonds. The minimum absolute atomic E-state index is 0.173. The highest BCUT2D eigenvalue weighted by Gasteiger charge is 2.52. The fourth-order valence-electron chi connectivity index (χ4n) is 3.97. The Morgan fingerprint density at radius 2 is 1.82 bits per heavy atom. The Bertz CT molecular complexity index is 852. The lowest BCUT2D eigenvalue weighted by Gasteiger charge is -2.25. The van der Waals surface area contributed by atoms with Gasteiger partial charge in [-0.1, -0.05) is 54.6 Å². The van der Waals surface area contributed by atoms with E-state index in [1.54, 1.807) is 0 Å². The second kappa shape index (κ2) is 4.58. The maximum atomic E-state index is 9.92. The van der Waals surface area contributed by atoms with Gasteiger partial charge in [0.25, 0.3) is 0 Å². The molecule has 22 heavy (non-hydrogen) atoms. The summed E-state index contributed by atoms with van der Waals surface area (Å²) in [5.74, 6) is -0.173. The largest absolute Gasteiger partial charge is 0.196 e. The van der Waals surface area contributed by atoms with Crippen LogP contribution in [0.15, 0.2) is 65.8 Å². The van der Waals surface area contributed by atoms with E-state index in [1.165, 1.54) is 11.1 Å². The minimum atomic E-state index is -1.11. The Kier molecular flexibility index (Phi) is 2.68. The average Bonchev–Trinajstić information content (AvgIpc) is 2.71. The van der Waals surface area contributed by atoms with Crippen molar-refractivity contribution in [1.82, 2.24) is 0 Å². The summed E-state index contributed by atoms with van der Waals surface area (Å²) in [6.45, 7) is 0. The lowest BCUT2D eigenvalue weighted by atomic mass is 9.71. The van der Waals surface area contributed by atoms with Crippen LogP contribution >= 0.6 is 0 Å². The Hall–Kier alpha value is -2.84. The Labute approximate surface area is 130 Å². The molecule has 1 aromatic rings. The van der Waals surface area contributed by atoms with Gasteiger partial charge in [0.2, 0.25) is 0 Å². The van der Waals surface area contributed by atoms with Crippen molar-refractivity contribution in [2.24, 2.45) is 11.3 Å². The van der Waals surface area contributed by atoms with E-state index < -0.39 is 5.41 Å². The Morgan fingerprint density at radius 3 is 2.64 bits per heavy atom. The summed E-state index contributed by atoms with van der Waals surface area (Å²) >= 11 is 0. The third kappa shape index (κ3) is 1.47. The van der Waals surface area contributed by atoms with Crippen molar-refractivity contribution < 1.29 is 0 Å². The lowest BCUT2D eigenvalue weighted by molar-refractivity contribution is 0.578. The molecule has 0 spiro atoms. The highest BCUT2D eigenvalue weighted by Crippen LogP contribution is 2.58. The number of allylic oxidation sites excluding steroid dienone is 8. The number of benzene rings is 1. The van der Waals surface area contributed by atoms with Gasteiger partial charge in [0.05, 0.1) is 12.1 Å². The Balaban J connectivity index is 2.07. The van der Waals surface area contributed by atoms with Gasteiger partial charge < -0.3 is 0 Å². The van der Waals surface area contributed by atoms with Crippen molar-refractivity contribution in [1.29, 1.82) is 10.5 Å². The van der Waals surface area contributed by atoms with Crippen LogP contribution in [-0.4, -0.2) is 0 Å². The molecule has 0 aromatic heterocycles. The number of nitrogens with zero attached hydrogens (tertiary/aromatic N) is 2. The van der Waals surface area contributed by atoms with Gasteiger partial charge in [0.15, 0.2) is 5.41 Å². The van der Waals surface area contributed by atoms with E-state index in [2.05, 4.69) is 30.3 Å². The van der Waals surface area contributed by atoms with Crippen molar-refractivity contribution >= 4 is 5.57 Å². The quantitative estimate of drug-likeness (QED) is 0.719. The van der Waals surface area contributed by atoms with Crippen LogP contribution in [0.1, 0.15) is 17.5 Å². The molecule has 0 N–H and O–H groups in total. The van der Waals surface area contributed by atoms with Gasteiger partial charge in [0.1, 0.15) is 0 Å². The number of hydrogen-bond acceptors (Lipinski definition) is 2. The molecule has 104 valence electrons. The average molecular weight is 282 g/mol. The SMILES string of the molecule is N#CC1(C#N)C2=C(CCc3ccccc32)C2=CC=CC=C[C@@H]21. The lowest BCUT2D eigenvalue weighted by Crippen LogP contribution is -2.24. The molecule has 4 rings (SSSR count). The number of nitriles is 2. The summed E-state index contributed by atoms with van der Waals surface area (Å²) in [6.07, 6.45) is 11.9. The topological polar surface area (TPSA) is 47.6 Å². The normalized spacial score (nSPS) is 23.5. The fourth-order valence-corrected chi connectivity index (χ4v) is 3.97. The molecule has 2 nitrogen and oxygen atoms in total. The highest BCUT2D eigenvalue weighted by molar-refractivity contribution is 5.89. The zero-order valence-electron chi connectivity index (χ0n) is 12.1. The summed E-state index contributed by atoms with van der Waals surface area (Å²) in [5, 5.41) is 19.8. The summed E-state index contributed by atoms with van der Waals surface area (Å²) in [4.78, 5) is 0. The van der Waals surface area contributed by atoms with Crippen LogP contribution in [0.3, 0.4) is 0 Å². The first kappa shape index (κ1) is 12.9. The van der Waals surface area contributed by atoms with Gasteiger partial charge in [-0.25, -0.2) is 0 Å². The second-order valence-electron chi connectivity index (χ2n) is 5.91. The van der Waals surface area contributed by atoms with Crippen molar-refractivity contribution in [3.63, 3.8) is 0 Å². The molecule has 0 fully saturated rings. The van der Waals surface area contributed by atoms with Crippen LogP contribution in [0.25, 0.3) is 5.57 Å². The third-order valence-corrected chi connectivity index (χ3v) is 4.93. The molecule has 2 heteroatoms. The van der Waals surface area contributed by atoms with E-state index in [-0.39, 0.29) is 5.92 Å². The van der Waals surface area contributed by atoms with Crippen molar-refractivity contribution in [2.45, 2.75) is 12.8 Å². The number of hydrogen-bond donors (Lipinski definition) is 0. The molecule has 3 aliphatic rings. The zero-order valence-corrected chi connectivity index (χ0v) is 12.1. The molecule has 1 aromatic carbocycles. The molecule has 0 bridgehead atoms. The predicted molar refractivity (Wildman–Crippen MR) is 85.2 cm³/mol. The maximum absolute atomic E-state index is 9.92. The molecule has 0 saturated heterocycles. The number of fused-ring (bicyclic) bond motifs is 4. The predicted octanol–water partition coefficient (Wildman–Crippen LogP) is 4.10. The van der Waals surface area contributed by atoms with Gasteiger partial charge in [-0.2, -0.15) is 10.5 Å². The molecule has 0 unspecified atom stereocenters. The van der Waals surface area contributed by atoms with Gasteiger partial charge in [-0.3, -0.25) is 0 Å². The fraction of sp³-hybridized carbons (Fsp3) is 0.200. The van der Waals surface area contributed by atoms with Crippen LogP contribution in [0.2, 0.25) is 0 Å². The first-order valence-corrected chi connectivity index (χ1v) is 7.51. The van der Waals surface area contributed by atoms with Gasteiger partial charge in [0, 0.05) is 5.92 Å². The van der Waals surface area contributed by atoms with E-state index in [4.69, 9.17) is 0 Å². The summed E-state index contributed by atoms with van der Waals surface area (Å²) in [5.41, 5.74) is 4.49. The van der Waals surface area contributed by atoms with Gasteiger partial charge in [-0.15, -0.1) is 0 Å². The minimum Gasteiger partial charge on any atom is -0.196 e. The van der Waals surface area contributed by atoms with Crippen LogP contribution in [0, 0.1) is 34.0 Å². The summed E-state index contributed by atoms with van der Waals surface area (Å²) in [7, 11) is 0. The standard InChI is InChI=1S/C20H14N2/c21-12-20(13-22)18-9-3-1-2-8-16(18)17-11-10-14-6-4-5-7-15(14)19(17)20/h1-9,18H,10-11H2/t18-/m0/s1. The van der Waals surface area contributed by atoms with Crippen LogP contribution in [-0.2, 0) is 6.42 Å². The molecule has 0 aliphatic heterocycles. The molecule has 0 radical (unpaired) electrons. The van der Waals surface area contributed by atoms with Crippen LogP contribution < -0.4 is 0 Å². The third-order valence-electron chi connectivity index (χ3n) is 4.93.